The zero-order chi connectivity index (χ0) is 7.28. The van der Waals surface area contributed by atoms with Gasteiger partial charge in [-0.1, -0.05) is 6.92 Å². The predicted molar refractivity (Wildman–Crippen MR) is 41.7 cm³/mol. The van der Waals surface area contributed by atoms with Gasteiger partial charge in [-0.15, -0.1) is 0 Å². The lowest BCUT2D eigenvalue weighted by Gasteiger charge is -2.02. The minimum absolute atomic E-state index is 0.0833. The zero-order valence-corrected chi connectivity index (χ0v) is 6.74. The van der Waals surface area contributed by atoms with Crippen molar-refractivity contribution in [1.29, 1.82) is 0 Å². The highest BCUT2D eigenvalue weighted by Gasteiger charge is 2.01. The number of hydrogen-bond donors (Lipinski definition) is 2. The van der Waals surface area contributed by atoms with Gasteiger partial charge in [0.2, 0.25) is 5.91 Å². The van der Waals surface area contributed by atoms with Gasteiger partial charge in [-0.05, 0) is 6.92 Å². The van der Waals surface area contributed by atoms with E-state index in [1.807, 2.05) is 13.8 Å². The average molecular weight is 147 g/mol. The van der Waals surface area contributed by atoms with Crippen molar-refractivity contribution in [2.24, 2.45) is 0 Å². The fourth-order valence-electron chi connectivity index (χ4n) is 0.538. The maximum absolute atomic E-state index is 10.7. The van der Waals surface area contributed by atoms with E-state index in [1.165, 1.54) is 0 Å². The molecule has 9 heavy (non-hydrogen) atoms. The summed E-state index contributed by atoms with van der Waals surface area (Å²) >= 11 is 4.07. The topological polar surface area (TPSA) is 29.1 Å². The highest BCUT2D eigenvalue weighted by atomic mass is 32.1. The molecule has 0 aromatic heterocycles. The van der Waals surface area contributed by atoms with Gasteiger partial charge in [-0.2, -0.15) is 12.6 Å². The van der Waals surface area contributed by atoms with Crippen LogP contribution in [-0.2, 0) is 4.79 Å². The van der Waals surface area contributed by atoms with E-state index >= 15 is 0 Å². The third-order valence-corrected chi connectivity index (χ3v) is 1.04. The van der Waals surface area contributed by atoms with Gasteiger partial charge in [-0.25, -0.2) is 0 Å². The number of amides is 1. The number of thiol groups is 1. The Labute approximate surface area is 61.4 Å². The first-order valence-corrected chi connectivity index (χ1v) is 3.63. The molecule has 1 atom stereocenters. The Morgan fingerprint density at radius 2 is 2.33 bits per heavy atom. The maximum atomic E-state index is 10.7. The summed E-state index contributed by atoms with van der Waals surface area (Å²) in [6.45, 7) is 4.51. The van der Waals surface area contributed by atoms with E-state index in [0.717, 1.165) is 0 Å². The quantitative estimate of drug-likeness (QED) is 0.569. The van der Waals surface area contributed by atoms with E-state index < -0.39 is 0 Å². The highest BCUT2D eigenvalue weighted by molar-refractivity contribution is 7.80. The molecule has 54 valence electrons. The Morgan fingerprint density at radius 1 is 1.78 bits per heavy atom. The second kappa shape index (κ2) is 4.68. The molecule has 0 rings (SSSR count). The van der Waals surface area contributed by atoms with E-state index in [2.05, 4.69) is 17.9 Å². The zero-order valence-electron chi connectivity index (χ0n) is 5.85. The Balaban J connectivity index is 3.27. The first-order valence-electron chi connectivity index (χ1n) is 3.11. The average Bonchev–Trinajstić information content (AvgIpc) is 1.63. The summed E-state index contributed by atoms with van der Waals surface area (Å²) in [6, 6.07) is 0. The van der Waals surface area contributed by atoms with Gasteiger partial charge in [0.15, 0.2) is 0 Å². The SMILES string of the molecule is CCNC(=O)CC(C)S. The van der Waals surface area contributed by atoms with Gasteiger partial charge in [0.25, 0.3) is 0 Å². The smallest absolute Gasteiger partial charge is 0.221 e. The molecule has 0 heterocycles. The van der Waals surface area contributed by atoms with E-state index in [4.69, 9.17) is 0 Å². The number of carbonyl (C=O) groups excluding carboxylic acids is 1. The molecule has 3 heteroatoms. The molecule has 0 spiro atoms. The minimum Gasteiger partial charge on any atom is -0.356 e. The molecule has 0 bridgehead atoms. The number of nitrogens with one attached hydrogen (secondary N) is 1. The van der Waals surface area contributed by atoms with E-state index in [1.54, 1.807) is 0 Å². The van der Waals surface area contributed by atoms with E-state index in [9.17, 15) is 4.79 Å². The van der Waals surface area contributed by atoms with Crippen molar-refractivity contribution in [2.45, 2.75) is 25.5 Å². The Kier molecular flexibility index (Phi) is 4.58. The Bertz CT molecular complexity index is 93.1. The summed E-state index contributed by atoms with van der Waals surface area (Å²) in [5.41, 5.74) is 0. The predicted octanol–water partition coefficient (Wildman–Crippen LogP) is 0.831. The van der Waals surface area contributed by atoms with Crippen molar-refractivity contribution in [2.75, 3.05) is 6.54 Å². The lowest BCUT2D eigenvalue weighted by molar-refractivity contribution is -0.120. The second-order valence-corrected chi connectivity index (χ2v) is 2.89. The molecule has 0 aliphatic carbocycles. The van der Waals surface area contributed by atoms with Crippen molar-refractivity contribution in [1.82, 2.24) is 5.32 Å². The summed E-state index contributed by atoms with van der Waals surface area (Å²) in [5, 5.41) is 2.85. The van der Waals surface area contributed by atoms with Gasteiger partial charge in [0, 0.05) is 18.2 Å². The lowest BCUT2D eigenvalue weighted by Crippen LogP contribution is -2.24. The molecule has 2 nitrogen and oxygen atoms in total. The van der Waals surface area contributed by atoms with Crippen molar-refractivity contribution in [3.05, 3.63) is 0 Å². The number of rotatable bonds is 3. The van der Waals surface area contributed by atoms with E-state index in [0.29, 0.717) is 13.0 Å². The molecule has 0 aliphatic heterocycles. The maximum Gasteiger partial charge on any atom is 0.221 e. The molecule has 1 unspecified atom stereocenters. The first-order chi connectivity index (χ1) is 4.16. The summed E-state index contributed by atoms with van der Waals surface area (Å²) in [5.74, 6) is 0.0833. The monoisotopic (exact) mass is 147 g/mol. The van der Waals surface area contributed by atoms with Crippen molar-refractivity contribution >= 4 is 18.5 Å². The molecular formula is C6H13NOS. The third-order valence-electron chi connectivity index (χ3n) is 0.855. The van der Waals surface area contributed by atoms with Crippen molar-refractivity contribution < 1.29 is 4.79 Å². The normalized spacial score (nSPS) is 12.8. The first kappa shape index (κ1) is 8.82. The van der Waals surface area contributed by atoms with Crippen LogP contribution in [0.4, 0.5) is 0 Å². The van der Waals surface area contributed by atoms with Gasteiger partial charge < -0.3 is 5.32 Å². The number of carbonyl (C=O) groups is 1. The van der Waals surface area contributed by atoms with Crippen molar-refractivity contribution in [3.8, 4) is 0 Å². The van der Waals surface area contributed by atoms with Crippen LogP contribution < -0.4 is 5.32 Å². The second-order valence-electron chi connectivity index (χ2n) is 2.01. The third kappa shape index (κ3) is 5.69. The fourth-order valence-corrected chi connectivity index (χ4v) is 0.703. The summed E-state index contributed by atoms with van der Waals surface area (Å²) in [4.78, 5) is 10.7. The summed E-state index contributed by atoms with van der Waals surface area (Å²) < 4.78 is 0. The molecule has 1 N–H and O–H groups in total. The molecule has 0 fully saturated rings. The van der Waals surface area contributed by atoms with Crippen LogP contribution in [-0.4, -0.2) is 17.7 Å². The van der Waals surface area contributed by atoms with Crippen LogP contribution in [0.2, 0.25) is 0 Å². The van der Waals surface area contributed by atoms with Crippen LogP contribution >= 0.6 is 12.6 Å². The van der Waals surface area contributed by atoms with Crippen LogP contribution in [0, 0.1) is 0 Å². The van der Waals surface area contributed by atoms with Gasteiger partial charge in [-0.3, -0.25) is 4.79 Å². The largest absolute Gasteiger partial charge is 0.356 e. The molecule has 0 saturated heterocycles. The minimum atomic E-state index is 0.0833. The molecule has 0 aromatic rings. The Hall–Kier alpha value is -0.180. The van der Waals surface area contributed by atoms with Gasteiger partial charge in [0.05, 0.1) is 0 Å². The van der Waals surface area contributed by atoms with Crippen molar-refractivity contribution in [3.63, 3.8) is 0 Å². The van der Waals surface area contributed by atoms with Crippen LogP contribution in [0.3, 0.4) is 0 Å². The summed E-state index contributed by atoms with van der Waals surface area (Å²) in [6.07, 6.45) is 0.511. The van der Waals surface area contributed by atoms with Crippen LogP contribution in [0.25, 0.3) is 0 Å². The fraction of sp³-hybridized carbons (Fsp3) is 0.833. The number of hydrogen-bond acceptors (Lipinski definition) is 2. The molecule has 0 aromatic carbocycles. The molecule has 0 saturated carbocycles. The van der Waals surface area contributed by atoms with Gasteiger partial charge in [0.1, 0.15) is 0 Å². The van der Waals surface area contributed by atoms with Crippen LogP contribution in [0.1, 0.15) is 20.3 Å². The van der Waals surface area contributed by atoms with Gasteiger partial charge >= 0.3 is 0 Å². The molecule has 1 amide bonds. The highest BCUT2D eigenvalue weighted by Crippen LogP contribution is 1.97. The van der Waals surface area contributed by atoms with E-state index in [-0.39, 0.29) is 11.2 Å². The molecule has 0 aliphatic rings. The van der Waals surface area contributed by atoms with Crippen LogP contribution in [0.15, 0.2) is 0 Å². The lowest BCUT2D eigenvalue weighted by atomic mass is 10.3. The Morgan fingerprint density at radius 3 is 2.67 bits per heavy atom. The summed E-state index contributed by atoms with van der Waals surface area (Å²) in [7, 11) is 0. The molecule has 0 radical (unpaired) electrons. The van der Waals surface area contributed by atoms with Crippen LogP contribution in [0.5, 0.6) is 0 Å². The standard InChI is InChI=1S/C6H13NOS/c1-3-7-6(8)4-5(2)9/h5,9H,3-4H2,1-2H3,(H,7,8). The molecular weight excluding hydrogens is 134 g/mol.